The Morgan fingerprint density at radius 1 is 1.38 bits per heavy atom. The topological polar surface area (TPSA) is 29.3 Å². The van der Waals surface area contributed by atoms with E-state index >= 15 is 0 Å². The van der Waals surface area contributed by atoms with E-state index in [1.54, 1.807) is 0 Å². The quantitative estimate of drug-likeness (QED) is 0.803. The van der Waals surface area contributed by atoms with Gasteiger partial charge >= 0.3 is 0 Å². The van der Waals surface area contributed by atoms with Crippen molar-refractivity contribution >= 4 is 17.3 Å². The summed E-state index contributed by atoms with van der Waals surface area (Å²) in [5.74, 6) is 0.607. The van der Waals surface area contributed by atoms with Crippen LogP contribution in [0.25, 0.3) is 0 Å². The van der Waals surface area contributed by atoms with Gasteiger partial charge in [-0.3, -0.25) is 0 Å². The second-order valence-corrected chi connectivity index (χ2v) is 4.90. The molecule has 0 bridgehead atoms. The third-order valence-electron chi connectivity index (χ3n) is 3.50. The van der Waals surface area contributed by atoms with Crippen LogP contribution in [0.1, 0.15) is 31.2 Å². The minimum Gasteiger partial charge on any atom is -0.399 e. The van der Waals surface area contributed by atoms with E-state index in [4.69, 9.17) is 17.3 Å². The Kier molecular flexibility index (Phi) is 3.72. The Labute approximate surface area is 102 Å². The summed E-state index contributed by atoms with van der Waals surface area (Å²) in [6.07, 6.45) is 2.41. The van der Waals surface area contributed by atoms with E-state index in [1.807, 2.05) is 12.1 Å². The molecule has 1 fully saturated rings. The van der Waals surface area contributed by atoms with Gasteiger partial charge in [0.15, 0.2) is 0 Å². The predicted molar refractivity (Wildman–Crippen MR) is 70.0 cm³/mol. The number of rotatable bonds is 2. The molecule has 0 radical (unpaired) electrons. The molecule has 0 saturated carbocycles. The lowest BCUT2D eigenvalue weighted by Gasteiger charge is -2.31. The molecule has 1 saturated heterocycles. The van der Waals surface area contributed by atoms with Gasteiger partial charge in [0.2, 0.25) is 0 Å². The second kappa shape index (κ2) is 5.07. The lowest BCUT2D eigenvalue weighted by atomic mass is 9.89. The molecule has 2 rings (SSSR count). The van der Waals surface area contributed by atoms with Crippen LogP contribution in [-0.4, -0.2) is 24.5 Å². The SMILES string of the molecule is CCN1CCC(c2ccc(N)cc2Cl)CC1. The predicted octanol–water partition coefficient (Wildman–Crippen LogP) is 3.12. The lowest BCUT2D eigenvalue weighted by molar-refractivity contribution is 0.222. The highest BCUT2D eigenvalue weighted by molar-refractivity contribution is 6.31. The summed E-state index contributed by atoms with van der Waals surface area (Å²) in [7, 11) is 0. The maximum absolute atomic E-state index is 6.24. The summed E-state index contributed by atoms with van der Waals surface area (Å²) in [5.41, 5.74) is 7.73. The van der Waals surface area contributed by atoms with Crippen LogP contribution in [0.2, 0.25) is 5.02 Å². The number of nitrogens with zero attached hydrogens (tertiary/aromatic N) is 1. The van der Waals surface area contributed by atoms with Gasteiger partial charge < -0.3 is 10.6 Å². The molecule has 1 aliphatic rings. The molecule has 0 aliphatic carbocycles. The third-order valence-corrected chi connectivity index (χ3v) is 3.83. The summed E-state index contributed by atoms with van der Waals surface area (Å²) in [4.78, 5) is 2.49. The van der Waals surface area contributed by atoms with E-state index in [1.165, 1.54) is 31.5 Å². The first kappa shape index (κ1) is 11.7. The molecular formula is C13H19ClN2. The van der Waals surface area contributed by atoms with Crippen molar-refractivity contribution < 1.29 is 0 Å². The van der Waals surface area contributed by atoms with E-state index < -0.39 is 0 Å². The molecule has 0 unspecified atom stereocenters. The van der Waals surface area contributed by atoms with E-state index in [9.17, 15) is 0 Å². The number of hydrogen-bond donors (Lipinski definition) is 1. The van der Waals surface area contributed by atoms with Crippen LogP contribution in [0, 0.1) is 0 Å². The zero-order valence-corrected chi connectivity index (χ0v) is 10.5. The minimum absolute atomic E-state index is 0.607. The first-order valence-electron chi connectivity index (χ1n) is 5.98. The number of nitrogens with two attached hydrogens (primary N) is 1. The Morgan fingerprint density at radius 3 is 2.62 bits per heavy atom. The average Bonchev–Trinajstić information content (AvgIpc) is 2.29. The number of halogens is 1. The van der Waals surface area contributed by atoms with Crippen molar-refractivity contribution in [3.63, 3.8) is 0 Å². The van der Waals surface area contributed by atoms with Crippen LogP contribution in [0.15, 0.2) is 18.2 Å². The van der Waals surface area contributed by atoms with Crippen molar-refractivity contribution in [3.05, 3.63) is 28.8 Å². The molecule has 0 amide bonds. The molecule has 88 valence electrons. The molecule has 0 aromatic heterocycles. The lowest BCUT2D eigenvalue weighted by Crippen LogP contribution is -2.32. The third kappa shape index (κ3) is 2.50. The van der Waals surface area contributed by atoms with Crippen LogP contribution >= 0.6 is 11.6 Å². The Morgan fingerprint density at radius 2 is 2.06 bits per heavy atom. The van der Waals surface area contributed by atoms with Crippen molar-refractivity contribution in [2.45, 2.75) is 25.7 Å². The largest absolute Gasteiger partial charge is 0.399 e. The fraction of sp³-hybridized carbons (Fsp3) is 0.538. The number of benzene rings is 1. The number of piperidine rings is 1. The number of hydrogen-bond acceptors (Lipinski definition) is 2. The van der Waals surface area contributed by atoms with Crippen molar-refractivity contribution in [1.29, 1.82) is 0 Å². The second-order valence-electron chi connectivity index (χ2n) is 4.49. The summed E-state index contributed by atoms with van der Waals surface area (Å²) in [6, 6.07) is 5.90. The van der Waals surface area contributed by atoms with E-state index in [0.29, 0.717) is 5.92 Å². The van der Waals surface area contributed by atoms with Crippen LogP contribution in [-0.2, 0) is 0 Å². The maximum Gasteiger partial charge on any atom is 0.0461 e. The highest BCUT2D eigenvalue weighted by Crippen LogP contribution is 2.33. The molecule has 2 nitrogen and oxygen atoms in total. The van der Waals surface area contributed by atoms with Gasteiger partial charge in [0.05, 0.1) is 0 Å². The minimum atomic E-state index is 0.607. The van der Waals surface area contributed by atoms with Gasteiger partial charge in [-0.05, 0) is 56.1 Å². The molecular weight excluding hydrogens is 220 g/mol. The smallest absolute Gasteiger partial charge is 0.0461 e. The first-order chi connectivity index (χ1) is 7.70. The van der Waals surface area contributed by atoms with Gasteiger partial charge in [0, 0.05) is 10.7 Å². The first-order valence-corrected chi connectivity index (χ1v) is 6.35. The highest BCUT2D eigenvalue weighted by atomic mass is 35.5. The molecule has 1 aromatic rings. The summed E-state index contributed by atoms with van der Waals surface area (Å²) in [5, 5.41) is 0.829. The van der Waals surface area contributed by atoms with Gasteiger partial charge in [-0.25, -0.2) is 0 Å². The van der Waals surface area contributed by atoms with Gasteiger partial charge in [0.1, 0.15) is 0 Å². The molecule has 1 heterocycles. The van der Waals surface area contributed by atoms with Crippen LogP contribution in [0.5, 0.6) is 0 Å². The molecule has 1 aromatic carbocycles. The molecule has 0 atom stereocenters. The highest BCUT2D eigenvalue weighted by Gasteiger charge is 2.21. The molecule has 16 heavy (non-hydrogen) atoms. The van der Waals surface area contributed by atoms with Crippen LogP contribution in [0.4, 0.5) is 5.69 Å². The summed E-state index contributed by atoms with van der Waals surface area (Å²) >= 11 is 6.24. The normalized spacial score (nSPS) is 18.9. The molecule has 1 aliphatic heterocycles. The summed E-state index contributed by atoms with van der Waals surface area (Å²) < 4.78 is 0. The Hall–Kier alpha value is -0.730. The van der Waals surface area contributed by atoms with Crippen molar-refractivity contribution in [2.24, 2.45) is 0 Å². The van der Waals surface area contributed by atoms with Gasteiger partial charge in [-0.15, -0.1) is 0 Å². The van der Waals surface area contributed by atoms with Crippen LogP contribution in [0.3, 0.4) is 0 Å². The Balaban J connectivity index is 2.08. The number of nitrogen functional groups attached to an aromatic ring is 1. The summed E-state index contributed by atoms with van der Waals surface area (Å²) in [6.45, 7) is 5.74. The molecule has 0 spiro atoms. The monoisotopic (exact) mass is 238 g/mol. The maximum atomic E-state index is 6.24. The molecule has 3 heteroatoms. The van der Waals surface area contributed by atoms with Gasteiger partial charge in [-0.2, -0.15) is 0 Å². The van der Waals surface area contributed by atoms with Crippen molar-refractivity contribution in [2.75, 3.05) is 25.4 Å². The number of anilines is 1. The fourth-order valence-electron chi connectivity index (χ4n) is 2.43. The zero-order chi connectivity index (χ0) is 11.5. The van der Waals surface area contributed by atoms with Gasteiger partial charge in [-0.1, -0.05) is 24.6 Å². The van der Waals surface area contributed by atoms with E-state index in [-0.39, 0.29) is 0 Å². The van der Waals surface area contributed by atoms with E-state index in [0.717, 1.165) is 17.3 Å². The van der Waals surface area contributed by atoms with Crippen molar-refractivity contribution in [3.8, 4) is 0 Å². The zero-order valence-electron chi connectivity index (χ0n) is 9.75. The molecule has 2 N–H and O–H groups in total. The number of likely N-dealkylation sites (tertiary alicyclic amines) is 1. The average molecular weight is 239 g/mol. The fourth-order valence-corrected chi connectivity index (χ4v) is 2.78. The van der Waals surface area contributed by atoms with Gasteiger partial charge in [0.25, 0.3) is 0 Å². The van der Waals surface area contributed by atoms with Crippen molar-refractivity contribution in [1.82, 2.24) is 4.90 Å². The van der Waals surface area contributed by atoms with E-state index in [2.05, 4.69) is 17.9 Å². The Bertz CT molecular complexity index is 357. The standard InChI is InChI=1S/C13H19ClN2/c1-2-16-7-5-10(6-8-16)12-4-3-11(15)9-13(12)14/h3-4,9-10H,2,5-8,15H2,1H3. The van der Waals surface area contributed by atoms with Crippen LogP contribution < -0.4 is 5.73 Å².